The average Bonchev–Trinajstić information content (AvgIpc) is 2.43. The summed E-state index contributed by atoms with van der Waals surface area (Å²) >= 11 is 7.73. The number of nitrogens with two attached hydrogens (primary N) is 1. The predicted molar refractivity (Wildman–Crippen MR) is 84.3 cm³/mol. The minimum absolute atomic E-state index is 0.0445. The molecule has 2 aromatic rings. The smallest absolute Gasteiger partial charge is 0.255 e. The van der Waals surface area contributed by atoms with Crippen molar-refractivity contribution in [2.75, 3.05) is 5.32 Å². The van der Waals surface area contributed by atoms with Gasteiger partial charge in [-0.05, 0) is 52.3 Å². The Bertz CT molecular complexity index is 737. The molecule has 0 fully saturated rings. The van der Waals surface area contributed by atoms with Crippen molar-refractivity contribution in [2.24, 2.45) is 5.73 Å². The maximum absolute atomic E-state index is 13.5. The number of hydrogen-bond acceptors (Lipinski definition) is 2. The highest BCUT2D eigenvalue weighted by molar-refractivity contribution is 9.10. The van der Waals surface area contributed by atoms with Crippen LogP contribution < -0.4 is 11.1 Å². The topological polar surface area (TPSA) is 55.1 Å². The SMILES string of the molecule is NC(=S)c1cc(NC(=O)c2ccc(F)c(Br)c2)ccc1F. The van der Waals surface area contributed by atoms with Crippen molar-refractivity contribution in [2.45, 2.75) is 0 Å². The Morgan fingerprint density at radius 2 is 1.81 bits per heavy atom. The third-order valence-electron chi connectivity index (χ3n) is 2.67. The highest BCUT2D eigenvalue weighted by atomic mass is 79.9. The van der Waals surface area contributed by atoms with E-state index in [-0.39, 0.29) is 20.6 Å². The summed E-state index contributed by atoms with van der Waals surface area (Å²) in [5.74, 6) is -1.50. The van der Waals surface area contributed by atoms with E-state index >= 15 is 0 Å². The van der Waals surface area contributed by atoms with E-state index in [9.17, 15) is 13.6 Å². The van der Waals surface area contributed by atoms with E-state index < -0.39 is 17.5 Å². The lowest BCUT2D eigenvalue weighted by Gasteiger charge is -2.08. The number of anilines is 1. The molecule has 1 amide bonds. The highest BCUT2D eigenvalue weighted by Gasteiger charge is 2.11. The normalized spacial score (nSPS) is 10.2. The molecule has 0 saturated carbocycles. The van der Waals surface area contributed by atoms with Gasteiger partial charge in [0.25, 0.3) is 5.91 Å². The van der Waals surface area contributed by atoms with E-state index in [0.717, 1.165) is 6.07 Å². The molecule has 0 aliphatic carbocycles. The van der Waals surface area contributed by atoms with Crippen LogP contribution in [-0.2, 0) is 0 Å². The van der Waals surface area contributed by atoms with E-state index in [2.05, 4.69) is 21.2 Å². The summed E-state index contributed by atoms with van der Waals surface area (Å²) in [5.41, 5.74) is 6.03. The first-order chi connectivity index (χ1) is 9.88. The molecule has 3 nitrogen and oxygen atoms in total. The van der Waals surface area contributed by atoms with Gasteiger partial charge in [-0.25, -0.2) is 8.78 Å². The van der Waals surface area contributed by atoms with E-state index in [1.807, 2.05) is 0 Å². The van der Waals surface area contributed by atoms with Crippen LogP contribution in [0.25, 0.3) is 0 Å². The number of carbonyl (C=O) groups excluding carboxylic acids is 1. The van der Waals surface area contributed by atoms with Crippen molar-refractivity contribution in [3.63, 3.8) is 0 Å². The Morgan fingerprint density at radius 3 is 2.43 bits per heavy atom. The van der Waals surface area contributed by atoms with Gasteiger partial charge >= 0.3 is 0 Å². The van der Waals surface area contributed by atoms with Gasteiger partial charge in [-0.1, -0.05) is 12.2 Å². The molecule has 0 heterocycles. The molecule has 7 heteroatoms. The van der Waals surface area contributed by atoms with Crippen LogP contribution >= 0.6 is 28.1 Å². The second kappa shape index (κ2) is 6.28. The van der Waals surface area contributed by atoms with Crippen molar-refractivity contribution in [1.29, 1.82) is 0 Å². The van der Waals surface area contributed by atoms with Crippen molar-refractivity contribution < 1.29 is 13.6 Å². The van der Waals surface area contributed by atoms with Crippen LogP contribution in [0.15, 0.2) is 40.9 Å². The third kappa shape index (κ3) is 3.62. The van der Waals surface area contributed by atoms with Crippen molar-refractivity contribution in [1.82, 2.24) is 0 Å². The molecule has 0 unspecified atom stereocenters. The molecule has 2 aromatic carbocycles. The first-order valence-electron chi connectivity index (χ1n) is 5.74. The fraction of sp³-hybridized carbons (Fsp3) is 0. The predicted octanol–water partition coefficient (Wildman–Crippen LogP) is 3.61. The first-order valence-corrected chi connectivity index (χ1v) is 6.94. The molecular formula is C14H9BrF2N2OS. The van der Waals surface area contributed by atoms with Gasteiger partial charge < -0.3 is 11.1 Å². The van der Waals surface area contributed by atoms with E-state index in [4.69, 9.17) is 18.0 Å². The standard InChI is InChI=1S/C14H9BrF2N2OS/c15-10-5-7(1-3-12(10)17)14(20)19-8-2-4-11(16)9(6-8)13(18)21/h1-6H,(H2,18,21)(H,19,20). The van der Waals surface area contributed by atoms with E-state index in [1.165, 1.54) is 30.3 Å². The summed E-state index contributed by atoms with van der Waals surface area (Å²) in [6, 6.07) is 7.74. The third-order valence-corrected chi connectivity index (χ3v) is 3.50. The molecule has 2 rings (SSSR count). The van der Waals surface area contributed by atoms with Gasteiger partial charge in [0.2, 0.25) is 0 Å². The van der Waals surface area contributed by atoms with Gasteiger partial charge in [0, 0.05) is 16.8 Å². The van der Waals surface area contributed by atoms with E-state index in [1.54, 1.807) is 0 Å². The highest BCUT2D eigenvalue weighted by Crippen LogP contribution is 2.19. The maximum Gasteiger partial charge on any atom is 0.255 e. The molecule has 0 bridgehead atoms. The van der Waals surface area contributed by atoms with Crippen LogP contribution in [0.4, 0.5) is 14.5 Å². The average molecular weight is 371 g/mol. The molecule has 0 aliphatic heterocycles. The number of nitrogens with one attached hydrogen (secondary N) is 1. The number of carbonyl (C=O) groups is 1. The van der Waals surface area contributed by atoms with Crippen LogP contribution in [0.1, 0.15) is 15.9 Å². The Kier molecular flexibility index (Phi) is 4.64. The zero-order valence-corrected chi connectivity index (χ0v) is 12.9. The number of halogens is 3. The van der Waals surface area contributed by atoms with Crippen molar-refractivity contribution in [3.05, 3.63) is 63.6 Å². The molecule has 0 atom stereocenters. The van der Waals surface area contributed by atoms with Gasteiger partial charge in [0.1, 0.15) is 16.6 Å². The fourth-order valence-corrected chi connectivity index (χ4v) is 2.17. The maximum atomic E-state index is 13.5. The molecule has 3 N–H and O–H groups in total. The number of amides is 1. The van der Waals surface area contributed by atoms with E-state index in [0.29, 0.717) is 5.69 Å². The van der Waals surface area contributed by atoms with Gasteiger partial charge in [-0.15, -0.1) is 0 Å². The Hall–Kier alpha value is -1.86. The summed E-state index contributed by atoms with van der Waals surface area (Å²) in [6.07, 6.45) is 0. The molecule has 108 valence electrons. The lowest BCUT2D eigenvalue weighted by atomic mass is 10.1. The second-order valence-electron chi connectivity index (χ2n) is 4.14. The molecule has 0 spiro atoms. The fourth-order valence-electron chi connectivity index (χ4n) is 1.63. The largest absolute Gasteiger partial charge is 0.389 e. The number of thiocarbonyl (C=S) groups is 1. The lowest BCUT2D eigenvalue weighted by Crippen LogP contribution is -2.15. The summed E-state index contributed by atoms with van der Waals surface area (Å²) in [7, 11) is 0. The first kappa shape index (κ1) is 15.5. The van der Waals surface area contributed by atoms with Crippen LogP contribution in [0, 0.1) is 11.6 Å². The molecule has 0 aliphatic rings. The summed E-state index contributed by atoms with van der Waals surface area (Å²) in [5, 5.41) is 2.56. The Labute approximate surface area is 133 Å². The Balaban J connectivity index is 2.25. The lowest BCUT2D eigenvalue weighted by molar-refractivity contribution is 0.102. The van der Waals surface area contributed by atoms with Crippen LogP contribution in [0.3, 0.4) is 0 Å². The van der Waals surface area contributed by atoms with Gasteiger partial charge in [0.05, 0.1) is 4.47 Å². The Morgan fingerprint density at radius 1 is 1.14 bits per heavy atom. The molecule has 21 heavy (non-hydrogen) atoms. The second-order valence-corrected chi connectivity index (χ2v) is 5.44. The molecule has 0 aromatic heterocycles. The molecule has 0 radical (unpaired) electrons. The summed E-state index contributed by atoms with van der Waals surface area (Å²) in [6.45, 7) is 0. The number of benzene rings is 2. The minimum atomic E-state index is -0.565. The quantitative estimate of drug-likeness (QED) is 0.811. The monoisotopic (exact) mass is 370 g/mol. The summed E-state index contributed by atoms with van der Waals surface area (Å²) in [4.78, 5) is 11.9. The zero-order valence-electron chi connectivity index (χ0n) is 10.5. The van der Waals surface area contributed by atoms with Crippen molar-refractivity contribution >= 4 is 44.7 Å². The minimum Gasteiger partial charge on any atom is -0.389 e. The van der Waals surface area contributed by atoms with Gasteiger partial charge in [0.15, 0.2) is 0 Å². The van der Waals surface area contributed by atoms with Gasteiger partial charge in [-0.2, -0.15) is 0 Å². The van der Waals surface area contributed by atoms with Crippen LogP contribution in [0.2, 0.25) is 0 Å². The number of rotatable bonds is 3. The van der Waals surface area contributed by atoms with Gasteiger partial charge in [-0.3, -0.25) is 4.79 Å². The number of hydrogen-bond donors (Lipinski definition) is 2. The van der Waals surface area contributed by atoms with Crippen LogP contribution in [0.5, 0.6) is 0 Å². The zero-order chi connectivity index (χ0) is 15.6. The van der Waals surface area contributed by atoms with Crippen molar-refractivity contribution in [3.8, 4) is 0 Å². The summed E-state index contributed by atoms with van der Waals surface area (Å²) < 4.78 is 26.8. The molecular weight excluding hydrogens is 362 g/mol. The van der Waals surface area contributed by atoms with Crippen LogP contribution in [-0.4, -0.2) is 10.9 Å². The molecule has 0 saturated heterocycles.